The number of likely N-dealkylation sites (tertiary alicyclic amines) is 1. The maximum atomic E-state index is 12.4. The highest BCUT2D eigenvalue weighted by molar-refractivity contribution is 5.83. The van der Waals surface area contributed by atoms with Crippen LogP contribution in [0.4, 0.5) is 5.69 Å². The van der Waals surface area contributed by atoms with Crippen LogP contribution in [0.3, 0.4) is 0 Å². The van der Waals surface area contributed by atoms with E-state index in [2.05, 4.69) is 27.3 Å². The third kappa shape index (κ3) is 6.41. The molecule has 1 aliphatic heterocycles. The van der Waals surface area contributed by atoms with E-state index in [4.69, 9.17) is 5.73 Å². The largest absolute Gasteiger partial charge is 0.398 e. The van der Waals surface area contributed by atoms with E-state index in [1.807, 2.05) is 42.6 Å². The molecule has 3 N–H and O–H groups in total. The number of piperidine rings is 1. The zero-order valence-electron chi connectivity index (χ0n) is 19.7. The fourth-order valence-corrected chi connectivity index (χ4v) is 4.85. The second-order valence-electron chi connectivity index (χ2n) is 9.32. The van der Waals surface area contributed by atoms with E-state index in [-0.39, 0.29) is 11.8 Å². The van der Waals surface area contributed by atoms with Gasteiger partial charge in [-0.2, -0.15) is 0 Å². The Morgan fingerprint density at radius 2 is 1.76 bits per heavy atom. The third-order valence-corrected chi connectivity index (χ3v) is 6.86. The first-order valence-electron chi connectivity index (χ1n) is 12.3. The lowest BCUT2D eigenvalue weighted by Crippen LogP contribution is -2.43. The van der Waals surface area contributed by atoms with Crippen molar-refractivity contribution in [2.45, 2.75) is 51.1 Å². The molecule has 34 heavy (non-hydrogen) atoms. The van der Waals surface area contributed by atoms with Crippen LogP contribution in [0, 0.1) is 5.92 Å². The van der Waals surface area contributed by atoms with Crippen LogP contribution in [0.2, 0.25) is 0 Å². The molecule has 1 aromatic heterocycles. The van der Waals surface area contributed by atoms with Crippen LogP contribution >= 0.6 is 0 Å². The van der Waals surface area contributed by atoms with Gasteiger partial charge in [-0.1, -0.05) is 43.2 Å². The van der Waals surface area contributed by atoms with Gasteiger partial charge in [0.25, 0.3) is 0 Å². The van der Waals surface area contributed by atoms with Crippen LogP contribution in [0.25, 0.3) is 10.9 Å². The molecule has 6 heteroatoms. The minimum atomic E-state index is 0.157. The van der Waals surface area contributed by atoms with Crippen LogP contribution in [0.5, 0.6) is 0 Å². The molecule has 2 fully saturated rings. The highest BCUT2D eigenvalue weighted by Crippen LogP contribution is 2.23. The first-order valence-corrected chi connectivity index (χ1v) is 12.3. The van der Waals surface area contributed by atoms with Crippen molar-refractivity contribution in [3.8, 4) is 0 Å². The van der Waals surface area contributed by atoms with E-state index in [1.54, 1.807) is 6.07 Å². The van der Waals surface area contributed by atoms with Crippen molar-refractivity contribution in [3.05, 3.63) is 71.9 Å². The molecule has 5 rings (SSSR count). The normalized spacial score (nSPS) is 17.2. The molecule has 3 aromatic rings. The van der Waals surface area contributed by atoms with Gasteiger partial charge in [-0.05, 0) is 68.6 Å². The summed E-state index contributed by atoms with van der Waals surface area (Å²) in [6.45, 7) is 2.68. The molecule has 0 radical (unpaired) electrons. The summed E-state index contributed by atoms with van der Waals surface area (Å²) in [7, 11) is 0. The smallest absolute Gasteiger partial charge is 0.223 e. The number of amides is 1. The molecule has 0 unspecified atom stereocenters. The zero-order chi connectivity index (χ0) is 23.8. The van der Waals surface area contributed by atoms with Crippen molar-refractivity contribution in [2.24, 2.45) is 5.92 Å². The van der Waals surface area contributed by atoms with Crippen LogP contribution in [0.1, 0.15) is 54.4 Å². The Labute approximate surface area is 201 Å². The molecule has 1 saturated heterocycles. The first-order chi connectivity index (χ1) is 16.6. The van der Waals surface area contributed by atoms with Crippen molar-refractivity contribution in [2.75, 3.05) is 18.8 Å². The molecule has 2 aromatic carbocycles. The summed E-state index contributed by atoms with van der Waals surface area (Å²) in [6, 6.07) is 18.1. The number of anilines is 1. The van der Waals surface area contributed by atoms with E-state index in [0.717, 1.165) is 62.7 Å². The van der Waals surface area contributed by atoms with Crippen LogP contribution in [-0.4, -0.2) is 41.2 Å². The molecule has 2 aliphatic rings. The van der Waals surface area contributed by atoms with Crippen molar-refractivity contribution >= 4 is 28.8 Å². The van der Waals surface area contributed by atoms with Gasteiger partial charge in [0.1, 0.15) is 0 Å². The summed E-state index contributed by atoms with van der Waals surface area (Å²) < 4.78 is 0. The average Bonchev–Trinajstić information content (AvgIpc) is 3.38. The van der Waals surface area contributed by atoms with E-state index in [1.165, 1.54) is 18.2 Å². The van der Waals surface area contributed by atoms with Gasteiger partial charge < -0.3 is 11.1 Å². The van der Waals surface area contributed by atoms with Crippen LogP contribution in [-0.2, 0) is 11.3 Å². The van der Waals surface area contributed by atoms with Crippen LogP contribution < -0.4 is 11.1 Å². The molecule has 1 aliphatic carbocycles. The summed E-state index contributed by atoms with van der Waals surface area (Å²) in [5.74, 6) is 0.408. The van der Waals surface area contributed by atoms with Crippen molar-refractivity contribution < 1.29 is 9.59 Å². The lowest BCUT2D eigenvalue weighted by atomic mass is 9.95. The molecule has 0 spiro atoms. The SMILES string of the molecule is Nc1cc(CN2CCC(C(=O)NC3CCCC3)CC2)ccc1C=O.c1ccc2ncccc2c1. The summed E-state index contributed by atoms with van der Waals surface area (Å²) in [5.41, 5.74) is 9.13. The van der Waals surface area contributed by atoms with Crippen molar-refractivity contribution in [3.63, 3.8) is 0 Å². The molecule has 2 heterocycles. The van der Waals surface area contributed by atoms with Gasteiger partial charge in [0.15, 0.2) is 6.29 Å². The third-order valence-electron chi connectivity index (χ3n) is 6.86. The zero-order valence-corrected chi connectivity index (χ0v) is 19.7. The Hall–Kier alpha value is -3.25. The molecule has 0 bridgehead atoms. The van der Waals surface area contributed by atoms with Gasteiger partial charge in [0.2, 0.25) is 5.91 Å². The Morgan fingerprint density at radius 1 is 1.03 bits per heavy atom. The number of hydrogen-bond acceptors (Lipinski definition) is 5. The second kappa shape index (κ2) is 11.7. The minimum Gasteiger partial charge on any atom is -0.398 e. The maximum absolute atomic E-state index is 12.4. The van der Waals surface area contributed by atoms with Gasteiger partial charge >= 0.3 is 0 Å². The molecule has 0 atom stereocenters. The quantitative estimate of drug-likeness (QED) is 0.431. The number of fused-ring (bicyclic) bond motifs is 1. The van der Waals surface area contributed by atoms with Gasteiger partial charge in [-0.25, -0.2) is 0 Å². The van der Waals surface area contributed by atoms with Crippen molar-refractivity contribution in [1.29, 1.82) is 0 Å². The maximum Gasteiger partial charge on any atom is 0.223 e. The highest BCUT2D eigenvalue weighted by Gasteiger charge is 2.27. The molecule has 1 amide bonds. The topological polar surface area (TPSA) is 88.3 Å². The molecular weight excluding hydrogens is 424 g/mol. The fraction of sp³-hybridized carbons (Fsp3) is 0.393. The van der Waals surface area contributed by atoms with Gasteiger partial charge in [-0.15, -0.1) is 0 Å². The number of benzene rings is 2. The highest BCUT2D eigenvalue weighted by atomic mass is 16.2. The number of nitrogens with zero attached hydrogens (tertiary/aromatic N) is 2. The lowest BCUT2D eigenvalue weighted by Gasteiger charge is -2.32. The first kappa shape index (κ1) is 23.9. The number of rotatable bonds is 5. The summed E-state index contributed by atoms with van der Waals surface area (Å²) >= 11 is 0. The monoisotopic (exact) mass is 458 g/mol. The standard InChI is InChI=1S/C19H27N3O2.C9H7N/c20-18-11-14(5-6-16(18)13-23)12-22-9-7-15(8-10-22)19(24)21-17-3-1-2-4-17;1-2-6-9-8(4-1)5-3-7-10-9/h5-6,11,13,15,17H,1-4,7-10,12,20H2,(H,21,24);1-7H. The number of aromatic nitrogens is 1. The number of carbonyl (C=O) groups is 2. The minimum absolute atomic E-state index is 0.157. The Kier molecular flexibility index (Phi) is 8.26. The number of aldehydes is 1. The number of pyridine rings is 1. The Balaban J connectivity index is 0.000000226. The summed E-state index contributed by atoms with van der Waals surface area (Å²) in [4.78, 5) is 29.7. The number of nitrogen functional groups attached to an aromatic ring is 1. The Morgan fingerprint density at radius 3 is 2.47 bits per heavy atom. The number of carbonyl (C=O) groups excluding carboxylic acids is 2. The number of para-hydroxylation sites is 1. The van der Waals surface area contributed by atoms with Gasteiger partial charge in [0, 0.05) is 41.3 Å². The van der Waals surface area contributed by atoms with E-state index < -0.39 is 0 Å². The van der Waals surface area contributed by atoms with Crippen LogP contribution in [0.15, 0.2) is 60.8 Å². The molecule has 178 valence electrons. The van der Waals surface area contributed by atoms with E-state index >= 15 is 0 Å². The van der Waals surface area contributed by atoms with Crippen molar-refractivity contribution in [1.82, 2.24) is 15.2 Å². The lowest BCUT2D eigenvalue weighted by molar-refractivity contribution is -0.127. The second-order valence-corrected chi connectivity index (χ2v) is 9.32. The number of nitrogens with one attached hydrogen (secondary N) is 1. The predicted octanol–water partition coefficient (Wildman–Crippen LogP) is 4.59. The molecular formula is C28H34N4O2. The summed E-state index contributed by atoms with van der Waals surface area (Å²) in [6.07, 6.45) is 9.20. The molecule has 1 saturated carbocycles. The number of hydrogen-bond donors (Lipinski definition) is 2. The number of nitrogens with two attached hydrogens (primary N) is 1. The van der Waals surface area contributed by atoms with E-state index in [9.17, 15) is 9.59 Å². The van der Waals surface area contributed by atoms with Gasteiger partial charge in [0.05, 0.1) is 5.52 Å². The molecule has 6 nitrogen and oxygen atoms in total. The Bertz CT molecular complexity index is 1040. The van der Waals surface area contributed by atoms with E-state index in [0.29, 0.717) is 17.3 Å². The fourth-order valence-electron chi connectivity index (χ4n) is 4.85. The summed E-state index contributed by atoms with van der Waals surface area (Å²) in [5, 5.41) is 4.43. The predicted molar refractivity (Wildman–Crippen MR) is 136 cm³/mol. The average molecular weight is 459 g/mol. The van der Waals surface area contributed by atoms with Gasteiger partial charge in [-0.3, -0.25) is 19.5 Å².